The van der Waals surface area contributed by atoms with Crippen molar-refractivity contribution in [3.8, 4) is 11.1 Å². The minimum atomic E-state index is -3.48. The Bertz CT molecular complexity index is 1340. The maximum Gasteiger partial charge on any atom is 0.240 e. The first kappa shape index (κ1) is 32.5. The van der Waals surface area contributed by atoms with Crippen molar-refractivity contribution < 1.29 is 17.5 Å². The van der Waals surface area contributed by atoms with E-state index in [1.54, 1.807) is 31.4 Å². The fourth-order valence-electron chi connectivity index (χ4n) is 4.50. The lowest BCUT2D eigenvalue weighted by Crippen LogP contribution is -2.36. The zero-order chi connectivity index (χ0) is 30.0. The van der Waals surface area contributed by atoms with Crippen LogP contribution in [-0.4, -0.2) is 27.1 Å². The van der Waals surface area contributed by atoms with Gasteiger partial charge in [-0.25, -0.2) is 17.5 Å². The van der Waals surface area contributed by atoms with Crippen LogP contribution in [0.1, 0.15) is 70.0 Å². The highest BCUT2D eigenvalue weighted by Crippen LogP contribution is 2.26. The van der Waals surface area contributed by atoms with Gasteiger partial charge in [0.2, 0.25) is 10.0 Å². The van der Waals surface area contributed by atoms with Crippen molar-refractivity contribution >= 4 is 10.0 Å². The number of rotatable bonds is 9. The average Bonchev–Trinajstić information content (AvgIpc) is 2.96. The van der Waals surface area contributed by atoms with Gasteiger partial charge in [0, 0.05) is 18.1 Å². The molecule has 4 N–H and O–H groups in total. The summed E-state index contributed by atoms with van der Waals surface area (Å²) in [5, 5.41) is 3.34. The molecular formula is C33H44FN3O3S. The first-order chi connectivity index (χ1) is 19.4. The van der Waals surface area contributed by atoms with Gasteiger partial charge in [-0.3, -0.25) is 0 Å². The molecule has 0 radical (unpaired) electrons. The molecule has 0 aliphatic heterocycles. The van der Waals surface area contributed by atoms with Crippen LogP contribution in [0.15, 0.2) is 90.0 Å². The average molecular weight is 582 g/mol. The zero-order valence-corrected chi connectivity index (χ0v) is 25.4. The molecule has 41 heavy (non-hydrogen) atoms. The Labute approximate surface area is 245 Å². The van der Waals surface area contributed by atoms with Gasteiger partial charge in [0.15, 0.2) is 0 Å². The molecule has 4 rings (SSSR count). The summed E-state index contributed by atoms with van der Waals surface area (Å²) in [6.45, 7) is 10.9. The van der Waals surface area contributed by atoms with E-state index < -0.39 is 10.0 Å². The van der Waals surface area contributed by atoms with E-state index in [1.165, 1.54) is 18.6 Å². The van der Waals surface area contributed by atoms with E-state index in [0.29, 0.717) is 10.7 Å². The van der Waals surface area contributed by atoms with E-state index in [4.69, 9.17) is 10.5 Å². The molecule has 0 heterocycles. The summed E-state index contributed by atoms with van der Waals surface area (Å²) in [5.74, 6) is 0.326. The third-order valence-electron chi connectivity index (χ3n) is 7.04. The maximum atomic E-state index is 12.6. The second kappa shape index (κ2) is 14.7. The van der Waals surface area contributed by atoms with Crippen molar-refractivity contribution in [3.05, 3.63) is 102 Å². The fourth-order valence-corrected chi connectivity index (χ4v) is 5.80. The predicted molar refractivity (Wildman–Crippen MR) is 165 cm³/mol. The van der Waals surface area contributed by atoms with E-state index in [2.05, 4.69) is 37.4 Å². The number of hydrogen-bond donors (Lipinski definition) is 3. The van der Waals surface area contributed by atoms with Gasteiger partial charge in [-0.2, -0.15) is 0 Å². The SMILES string of the molecule is C=C(OC)C(N)c1ccc(-c2ccc(S(=O)(=O)NC3CCCCC3)cc2)cc1.CC(C)(C)NCc1ccc(F)cc1. The normalized spacial score (nSPS) is 15.0. The van der Waals surface area contributed by atoms with Crippen molar-refractivity contribution in [1.82, 2.24) is 10.0 Å². The predicted octanol–water partition coefficient (Wildman–Crippen LogP) is 6.84. The number of benzene rings is 3. The number of halogens is 1. The summed E-state index contributed by atoms with van der Waals surface area (Å²) in [7, 11) is -1.93. The Morgan fingerprint density at radius 3 is 2.00 bits per heavy atom. The second-order valence-corrected chi connectivity index (χ2v) is 13.2. The summed E-state index contributed by atoms with van der Waals surface area (Å²) in [6.07, 6.45) is 5.20. The number of sulfonamides is 1. The van der Waals surface area contributed by atoms with Crippen LogP contribution < -0.4 is 15.8 Å². The van der Waals surface area contributed by atoms with E-state index in [-0.39, 0.29) is 23.4 Å². The summed E-state index contributed by atoms with van der Waals surface area (Å²) in [5.41, 5.74) is 10.1. The van der Waals surface area contributed by atoms with E-state index in [1.807, 2.05) is 36.4 Å². The van der Waals surface area contributed by atoms with Crippen LogP contribution in [0.2, 0.25) is 0 Å². The van der Waals surface area contributed by atoms with Gasteiger partial charge in [-0.05, 0) is 80.1 Å². The molecule has 1 aliphatic carbocycles. The van der Waals surface area contributed by atoms with Crippen molar-refractivity contribution in [2.75, 3.05) is 7.11 Å². The smallest absolute Gasteiger partial charge is 0.240 e. The molecule has 1 saturated carbocycles. The second-order valence-electron chi connectivity index (χ2n) is 11.5. The van der Waals surface area contributed by atoms with Gasteiger partial charge in [0.1, 0.15) is 11.6 Å². The van der Waals surface area contributed by atoms with E-state index >= 15 is 0 Å². The summed E-state index contributed by atoms with van der Waals surface area (Å²) < 4.78 is 45.7. The molecule has 0 aromatic heterocycles. The van der Waals surface area contributed by atoms with Crippen LogP contribution in [-0.2, 0) is 21.3 Å². The van der Waals surface area contributed by atoms with E-state index in [9.17, 15) is 12.8 Å². The highest BCUT2D eigenvalue weighted by Gasteiger charge is 2.21. The van der Waals surface area contributed by atoms with Crippen LogP contribution >= 0.6 is 0 Å². The quantitative estimate of drug-likeness (QED) is 0.241. The lowest BCUT2D eigenvalue weighted by Gasteiger charge is -2.22. The molecule has 1 unspecified atom stereocenters. The van der Waals surface area contributed by atoms with Crippen molar-refractivity contribution in [1.29, 1.82) is 0 Å². The molecule has 1 aliphatic rings. The van der Waals surface area contributed by atoms with Crippen LogP contribution in [0, 0.1) is 5.82 Å². The molecule has 0 saturated heterocycles. The van der Waals surface area contributed by atoms with Gasteiger partial charge in [0.25, 0.3) is 0 Å². The molecule has 0 spiro atoms. The molecule has 1 fully saturated rings. The van der Waals surface area contributed by atoms with Gasteiger partial charge >= 0.3 is 0 Å². The summed E-state index contributed by atoms with van der Waals surface area (Å²) >= 11 is 0. The van der Waals surface area contributed by atoms with E-state index in [0.717, 1.165) is 54.5 Å². The number of ether oxygens (including phenoxy) is 1. The molecule has 0 bridgehead atoms. The van der Waals surface area contributed by atoms with Crippen LogP contribution in [0.5, 0.6) is 0 Å². The van der Waals surface area contributed by atoms with Crippen molar-refractivity contribution in [2.24, 2.45) is 5.73 Å². The summed E-state index contributed by atoms with van der Waals surface area (Å²) in [6, 6.07) is 21.0. The zero-order valence-electron chi connectivity index (χ0n) is 24.6. The minimum Gasteiger partial charge on any atom is -0.500 e. The minimum absolute atomic E-state index is 0.0528. The topological polar surface area (TPSA) is 93.5 Å². The molecule has 3 aromatic carbocycles. The first-order valence-corrected chi connectivity index (χ1v) is 15.6. The molecule has 3 aromatic rings. The first-order valence-electron chi connectivity index (χ1n) is 14.1. The molecule has 222 valence electrons. The number of nitrogens with two attached hydrogens (primary N) is 1. The Kier molecular flexibility index (Phi) is 11.7. The highest BCUT2D eigenvalue weighted by molar-refractivity contribution is 7.89. The number of hydrogen-bond acceptors (Lipinski definition) is 5. The van der Waals surface area contributed by atoms with Crippen LogP contribution in [0.25, 0.3) is 11.1 Å². The van der Waals surface area contributed by atoms with Crippen LogP contribution in [0.4, 0.5) is 4.39 Å². The Hall–Kier alpha value is -3.04. The Morgan fingerprint density at radius 1 is 0.951 bits per heavy atom. The van der Waals surface area contributed by atoms with Gasteiger partial charge < -0.3 is 15.8 Å². The Balaban J connectivity index is 0.000000298. The monoisotopic (exact) mass is 581 g/mol. The number of nitrogens with one attached hydrogen (secondary N) is 2. The summed E-state index contributed by atoms with van der Waals surface area (Å²) in [4.78, 5) is 0.303. The largest absolute Gasteiger partial charge is 0.500 e. The Morgan fingerprint density at radius 2 is 1.49 bits per heavy atom. The van der Waals surface area contributed by atoms with Crippen LogP contribution in [0.3, 0.4) is 0 Å². The molecular weight excluding hydrogens is 537 g/mol. The standard InChI is InChI=1S/C22H28N2O3S.C11H16FN/c1-16(27-2)22(23)19-10-8-17(9-11-19)18-12-14-21(15-13-18)28(25,26)24-20-6-4-3-5-7-20;1-11(2,3)13-8-9-4-6-10(12)7-5-9/h8-15,20,22,24H,1,3-7,23H2,2H3;4-7,13H,8H2,1-3H3. The fraction of sp³-hybridized carbons (Fsp3) is 0.394. The van der Waals surface area contributed by atoms with Crippen molar-refractivity contribution in [3.63, 3.8) is 0 Å². The molecule has 1 atom stereocenters. The third-order valence-corrected chi connectivity index (χ3v) is 8.58. The molecule has 8 heteroatoms. The lowest BCUT2D eigenvalue weighted by molar-refractivity contribution is 0.267. The third kappa shape index (κ3) is 10.4. The van der Waals surface area contributed by atoms with Gasteiger partial charge in [-0.15, -0.1) is 0 Å². The maximum absolute atomic E-state index is 12.6. The number of methoxy groups -OCH3 is 1. The van der Waals surface area contributed by atoms with Crippen molar-refractivity contribution in [2.45, 2.75) is 81.9 Å². The van der Waals surface area contributed by atoms with Gasteiger partial charge in [-0.1, -0.05) is 74.4 Å². The lowest BCUT2D eigenvalue weighted by atomic mass is 9.96. The highest BCUT2D eigenvalue weighted by atomic mass is 32.2. The molecule has 6 nitrogen and oxygen atoms in total. The molecule has 0 amide bonds. The van der Waals surface area contributed by atoms with Gasteiger partial charge in [0.05, 0.1) is 18.0 Å².